The fourth-order valence-electron chi connectivity index (χ4n) is 1.44. The molecular formula is C11H14F3NO3S. The van der Waals surface area contributed by atoms with Crippen molar-refractivity contribution in [2.24, 2.45) is 0 Å². The highest BCUT2D eigenvalue weighted by molar-refractivity contribution is 7.92. The molecule has 0 aromatic heterocycles. The third-order valence-electron chi connectivity index (χ3n) is 2.33. The van der Waals surface area contributed by atoms with E-state index in [1.54, 1.807) is 12.1 Å². The molecule has 0 unspecified atom stereocenters. The van der Waals surface area contributed by atoms with Crippen LogP contribution in [0.25, 0.3) is 0 Å². The topological polar surface area (TPSA) is 66.4 Å². The number of alkyl halides is 3. The summed E-state index contributed by atoms with van der Waals surface area (Å²) in [4.78, 5) is 0. The van der Waals surface area contributed by atoms with E-state index in [9.17, 15) is 21.6 Å². The number of aliphatic hydroxyl groups excluding tert-OH is 1. The smallest absolute Gasteiger partial charge is 0.389 e. The first-order valence-electron chi connectivity index (χ1n) is 5.49. The highest BCUT2D eigenvalue weighted by Crippen LogP contribution is 2.22. The molecule has 0 aliphatic heterocycles. The monoisotopic (exact) mass is 297 g/mol. The van der Waals surface area contributed by atoms with Crippen LogP contribution in [0.15, 0.2) is 24.3 Å². The molecule has 1 aromatic carbocycles. The fraction of sp³-hybridized carbons (Fsp3) is 0.455. The molecule has 0 saturated heterocycles. The van der Waals surface area contributed by atoms with E-state index in [0.29, 0.717) is 5.56 Å². The van der Waals surface area contributed by atoms with Gasteiger partial charge in [0.25, 0.3) is 0 Å². The number of hydrogen-bond donors (Lipinski definition) is 2. The van der Waals surface area contributed by atoms with E-state index in [-0.39, 0.29) is 12.3 Å². The van der Waals surface area contributed by atoms with Gasteiger partial charge in [-0.3, -0.25) is 4.72 Å². The lowest BCUT2D eigenvalue weighted by Crippen LogP contribution is -2.19. The Hall–Kier alpha value is -1.28. The first kappa shape index (κ1) is 15.8. The molecule has 4 nitrogen and oxygen atoms in total. The summed E-state index contributed by atoms with van der Waals surface area (Å²) in [5, 5.41) is 9.01. The molecule has 8 heteroatoms. The lowest BCUT2D eigenvalue weighted by Gasteiger charge is -2.11. The molecule has 0 amide bonds. The van der Waals surface area contributed by atoms with Gasteiger partial charge in [-0.2, -0.15) is 13.2 Å². The van der Waals surface area contributed by atoms with Crippen molar-refractivity contribution in [3.63, 3.8) is 0 Å². The summed E-state index contributed by atoms with van der Waals surface area (Å²) in [7, 11) is -3.85. The zero-order chi connectivity index (χ0) is 14.5. The zero-order valence-corrected chi connectivity index (χ0v) is 10.8. The molecule has 0 aliphatic carbocycles. The fourth-order valence-corrected chi connectivity index (χ4v) is 2.60. The molecule has 1 aromatic rings. The summed E-state index contributed by atoms with van der Waals surface area (Å²) in [6.45, 7) is -0.360. The van der Waals surface area contributed by atoms with E-state index in [2.05, 4.69) is 4.72 Å². The average Bonchev–Trinajstić information content (AvgIpc) is 2.27. The van der Waals surface area contributed by atoms with Crippen LogP contribution in [0.5, 0.6) is 0 Å². The normalized spacial score (nSPS) is 12.4. The Labute approximate surface area is 109 Å². The van der Waals surface area contributed by atoms with E-state index in [1.165, 1.54) is 12.1 Å². The number of anilines is 1. The number of nitrogens with one attached hydrogen (secondary N) is 1. The van der Waals surface area contributed by atoms with Crippen molar-refractivity contribution in [1.82, 2.24) is 0 Å². The summed E-state index contributed by atoms with van der Waals surface area (Å²) >= 11 is 0. The van der Waals surface area contributed by atoms with E-state index in [0.717, 1.165) is 0 Å². The third-order valence-corrected chi connectivity index (χ3v) is 3.68. The summed E-state index contributed by atoms with van der Waals surface area (Å²) in [6.07, 6.45) is -6.01. The second kappa shape index (κ2) is 6.25. The minimum absolute atomic E-state index is 0.178. The van der Waals surface area contributed by atoms with Crippen molar-refractivity contribution in [3.8, 4) is 0 Å². The molecule has 0 heterocycles. The van der Waals surface area contributed by atoms with Crippen molar-refractivity contribution in [1.29, 1.82) is 0 Å². The van der Waals surface area contributed by atoms with Gasteiger partial charge in [0.15, 0.2) is 0 Å². The van der Waals surface area contributed by atoms with Crippen LogP contribution in [0.1, 0.15) is 18.4 Å². The van der Waals surface area contributed by atoms with Crippen LogP contribution in [0.2, 0.25) is 0 Å². The van der Waals surface area contributed by atoms with Crippen LogP contribution in [0, 0.1) is 0 Å². The number of rotatable bonds is 6. The number of benzene rings is 1. The lowest BCUT2D eigenvalue weighted by molar-refractivity contribution is -0.134. The average molecular weight is 297 g/mol. The highest BCUT2D eigenvalue weighted by atomic mass is 32.2. The van der Waals surface area contributed by atoms with E-state index in [1.807, 2.05) is 0 Å². The van der Waals surface area contributed by atoms with Crippen molar-refractivity contribution in [2.45, 2.75) is 25.6 Å². The molecule has 0 fully saturated rings. The molecular weight excluding hydrogens is 283 g/mol. The Morgan fingerprint density at radius 2 is 1.84 bits per heavy atom. The molecule has 19 heavy (non-hydrogen) atoms. The van der Waals surface area contributed by atoms with Gasteiger partial charge >= 0.3 is 6.18 Å². The van der Waals surface area contributed by atoms with Crippen LogP contribution in [-0.4, -0.2) is 25.5 Å². The SMILES string of the molecule is O=S(=O)(CCCC(F)(F)F)Nc1ccccc1CO. The number of para-hydroxylation sites is 1. The lowest BCUT2D eigenvalue weighted by atomic mass is 10.2. The molecule has 0 aliphatic rings. The number of sulfonamides is 1. The largest absolute Gasteiger partial charge is 0.392 e. The Bertz CT molecular complexity index is 514. The third kappa shape index (κ3) is 5.93. The zero-order valence-electron chi connectivity index (χ0n) is 9.94. The molecule has 0 bridgehead atoms. The molecule has 108 valence electrons. The van der Waals surface area contributed by atoms with Crippen LogP contribution >= 0.6 is 0 Å². The van der Waals surface area contributed by atoms with Crippen LogP contribution in [0.4, 0.5) is 18.9 Å². The summed E-state index contributed by atoms with van der Waals surface area (Å²) in [6, 6.07) is 6.14. The highest BCUT2D eigenvalue weighted by Gasteiger charge is 2.27. The van der Waals surface area contributed by atoms with Crippen molar-refractivity contribution in [3.05, 3.63) is 29.8 Å². The van der Waals surface area contributed by atoms with Gasteiger partial charge in [-0.15, -0.1) is 0 Å². The van der Waals surface area contributed by atoms with Crippen molar-refractivity contribution < 1.29 is 26.7 Å². The van der Waals surface area contributed by atoms with Crippen molar-refractivity contribution >= 4 is 15.7 Å². The molecule has 0 radical (unpaired) electrons. The van der Waals surface area contributed by atoms with Gasteiger partial charge in [-0.05, 0) is 12.5 Å². The first-order chi connectivity index (χ1) is 8.73. The van der Waals surface area contributed by atoms with Crippen LogP contribution in [-0.2, 0) is 16.6 Å². The molecule has 0 spiro atoms. The molecule has 0 atom stereocenters. The maximum atomic E-state index is 11.9. The van der Waals surface area contributed by atoms with Gasteiger partial charge in [0.05, 0.1) is 18.0 Å². The minimum atomic E-state index is -4.36. The van der Waals surface area contributed by atoms with Crippen LogP contribution < -0.4 is 4.72 Å². The van der Waals surface area contributed by atoms with Gasteiger partial charge in [0.2, 0.25) is 10.0 Å². The van der Waals surface area contributed by atoms with E-state index < -0.39 is 34.8 Å². The molecule has 2 N–H and O–H groups in total. The quantitative estimate of drug-likeness (QED) is 0.846. The summed E-state index contributed by atoms with van der Waals surface area (Å²) in [5.41, 5.74) is 0.541. The van der Waals surface area contributed by atoms with Gasteiger partial charge < -0.3 is 5.11 Å². The predicted octanol–water partition coefficient (Wildman–Crippen LogP) is 2.26. The van der Waals surface area contributed by atoms with Gasteiger partial charge in [-0.1, -0.05) is 18.2 Å². The van der Waals surface area contributed by atoms with Gasteiger partial charge in [-0.25, -0.2) is 8.42 Å². The Morgan fingerprint density at radius 1 is 1.21 bits per heavy atom. The number of aliphatic hydroxyl groups is 1. The molecule has 0 saturated carbocycles. The maximum Gasteiger partial charge on any atom is 0.389 e. The van der Waals surface area contributed by atoms with E-state index >= 15 is 0 Å². The Balaban J connectivity index is 2.64. The Morgan fingerprint density at radius 3 is 2.42 bits per heavy atom. The van der Waals surface area contributed by atoms with Gasteiger partial charge in [0, 0.05) is 12.0 Å². The van der Waals surface area contributed by atoms with Gasteiger partial charge in [0.1, 0.15) is 0 Å². The van der Waals surface area contributed by atoms with Crippen LogP contribution in [0.3, 0.4) is 0 Å². The Kier molecular flexibility index (Phi) is 5.19. The minimum Gasteiger partial charge on any atom is -0.392 e. The molecule has 1 rings (SSSR count). The standard InChI is InChI=1S/C11H14F3NO3S/c12-11(13,14)6-3-7-19(17,18)15-10-5-2-1-4-9(10)8-16/h1-2,4-5,15-16H,3,6-8H2. The number of halogens is 3. The first-order valence-corrected chi connectivity index (χ1v) is 7.15. The number of hydrogen-bond acceptors (Lipinski definition) is 3. The van der Waals surface area contributed by atoms with E-state index in [4.69, 9.17) is 5.11 Å². The summed E-state index contributed by atoms with van der Waals surface area (Å²) < 4.78 is 61.1. The second-order valence-corrected chi connectivity index (χ2v) is 5.80. The van der Waals surface area contributed by atoms with Crippen molar-refractivity contribution in [2.75, 3.05) is 10.5 Å². The second-order valence-electron chi connectivity index (χ2n) is 3.95. The summed E-state index contributed by atoms with van der Waals surface area (Å²) in [5.74, 6) is -0.619. The maximum absolute atomic E-state index is 11.9. The predicted molar refractivity (Wildman–Crippen MR) is 65.1 cm³/mol.